The summed E-state index contributed by atoms with van der Waals surface area (Å²) in [6.45, 7) is -0.0788. The van der Waals surface area contributed by atoms with E-state index in [0.717, 1.165) is 23.1 Å². The van der Waals surface area contributed by atoms with E-state index in [1.165, 1.54) is 54.6 Å². The topological polar surface area (TPSA) is 167 Å². The average molecular weight is 542 g/mol. The maximum absolute atomic E-state index is 12.8. The predicted molar refractivity (Wildman–Crippen MR) is 132 cm³/mol. The van der Waals surface area contributed by atoms with Gasteiger partial charge in [0.1, 0.15) is 10.6 Å². The highest BCUT2D eigenvalue weighted by Crippen LogP contribution is 2.34. The maximum atomic E-state index is 12.8. The van der Waals surface area contributed by atoms with E-state index >= 15 is 0 Å². The molecular formula is C23H15N3O9S2. The summed E-state index contributed by atoms with van der Waals surface area (Å²) in [6, 6.07) is 15.6. The fraction of sp³-hybridized carbons (Fsp3) is 0.0435. The molecule has 37 heavy (non-hydrogen) atoms. The van der Waals surface area contributed by atoms with Gasteiger partial charge in [0.05, 0.1) is 21.3 Å². The smallest absolute Gasteiger partial charge is 0.339 e. The number of carbonyl (C=O) groups excluding carboxylic acids is 2. The maximum Gasteiger partial charge on any atom is 0.339 e. The summed E-state index contributed by atoms with van der Waals surface area (Å²) in [5, 5.41) is 21.2. The average Bonchev–Trinajstić information content (AvgIpc) is 3.11. The number of rotatable bonds is 8. The molecule has 3 aromatic carbocycles. The number of nitro groups is 2. The van der Waals surface area contributed by atoms with Gasteiger partial charge in [0.25, 0.3) is 22.5 Å². The Morgan fingerprint density at radius 1 is 0.892 bits per heavy atom. The van der Waals surface area contributed by atoms with Gasteiger partial charge in [0.2, 0.25) is 0 Å². The van der Waals surface area contributed by atoms with Gasteiger partial charge in [0, 0.05) is 24.3 Å². The van der Waals surface area contributed by atoms with E-state index in [-0.39, 0.29) is 22.9 Å². The molecule has 2 amide bonds. The lowest BCUT2D eigenvalue weighted by Crippen LogP contribution is -2.27. The van der Waals surface area contributed by atoms with Crippen molar-refractivity contribution in [1.82, 2.24) is 4.90 Å². The molecule has 0 unspecified atom stereocenters. The lowest BCUT2D eigenvalue weighted by molar-refractivity contribution is -0.385. The number of carbonyl (C=O) groups is 2. The molecule has 1 aliphatic rings. The number of non-ortho nitro benzene ring substituents is 2. The zero-order valence-electron chi connectivity index (χ0n) is 18.5. The van der Waals surface area contributed by atoms with Crippen LogP contribution in [0.25, 0.3) is 6.08 Å². The van der Waals surface area contributed by atoms with E-state index in [1.54, 1.807) is 6.07 Å². The van der Waals surface area contributed by atoms with Crippen molar-refractivity contribution in [2.45, 2.75) is 11.4 Å². The first kappa shape index (κ1) is 25.5. The number of benzene rings is 3. The van der Waals surface area contributed by atoms with E-state index < -0.39 is 41.7 Å². The van der Waals surface area contributed by atoms with E-state index in [4.69, 9.17) is 4.18 Å². The van der Waals surface area contributed by atoms with Crippen LogP contribution in [0.3, 0.4) is 0 Å². The summed E-state index contributed by atoms with van der Waals surface area (Å²) in [5.74, 6) is -0.686. The fourth-order valence-corrected chi connectivity index (χ4v) is 5.08. The molecule has 12 nitrogen and oxygen atoms in total. The SMILES string of the molecule is O=C1S/C(=C\c2cccc(OS(=O)(=O)c3cccc([N+](=O)[O-])c3)c2)C(=O)N1Cc1ccc([N+](=O)[O-])cc1. The minimum absolute atomic E-state index is 0.0788. The van der Waals surface area contributed by atoms with Crippen LogP contribution in [0.1, 0.15) is 11.1 Å². The van der Waals surface area contributed by atoms with Gasteiger partial charge < -0.3 is 4.18 Å². The van der Waals surface area contributed by atoms with E-state index in [2.05, 4.69) is 0 Å². The highest BCUT2D eigenvalue weighted by molar-refractivity contribution is 8.18. The van der Waals surface area contributed by atoms with Gasteiger partial charge in [-0.2, -0.15) is 8.42 Å². The minimum Gasteiger partial charge on any atom is -0.379 e. The van der Waals surface area contributed by atoms with Gasteiger partial charge in [-0.05, 0) is 47.2 Å². The van der Waals surface area contributed by atoms with Gasteiger partial charge >= 0.3 is 10.1 Å². The number of hydrogen-bond acceptors (Lipinski definition) is 10. The normalized spacial score (nSPS) is 14.7. The van der Waals surface area contributed by atoms with E-state index in [0.29, 0.717) is 22.9 Å². The summed E-state index contributed by atoms with van der Waals surface area (Å²) in [4.78, 5) is 46.4. The number of amides is 2. The molecular weight excluding hydrogens is 526 g/mol. The van der Waals surface area contributed by atoms with Crippen LogP contribution in [0.15, 0.2) is 82.6 Å². The molecule has 1 aliphatic heterocycles. The first-order valence-electron chi connectivity index (χ1n) is 10.3. The molecule has 0 bridgehead atoms. The minimum atomic E-state index is -4.39. The van der Waals surface area contributed by atoms with Crippen LogP contribution in [0.2, 0.25) is 0 Å². The van der Waals surface area contributed by atoms with Crippen molar-refractivity contribution in [3.05, 3.63) is 109 Å². The summed E-state index contributed by atoms with van der Waals surface area (Å²) < 4.78 is 30.3. The third-order valence-corrected chi connectivity index (χ3v) is 7.19. The van der Waals surface area contributed by atoms with Crippen LogP contribution in [-0.2, 0) is 21.5 Å². The Kier molecular flexibility index (Phi) is 7.04. The van der Waals surface area contributed by atoms with Crippen molar-refractivity contribution in [2.75, 3.05) is 0 Å². The Bertz CT molecular complexity index is 1570. The summed E-state index contributed by atoms with van der Waals surface area (Å²) in [7, 11) is -4.39. The van der Waals surface area contributed by atoms with E-state index in [1.807, 2.05) is 0 Å². The van der Waals surface area contributed by atoms with Crippen molar-refractivity contribution in [3.8, 4) is 5.75 Å². The largest absolute Gasteiger partial charge is 0.379 e. The number of imide groups is 1. The Balaban J connectivity index is 1.51. The zero-order chi connectivity index (χ0) is 26.7. The van der Waals surface area contributed by atoms with Crippen LogP contribution < -0.4 is 4.18 Å². The zero-order valence-corrected chi connectivity index (χ0v) is 20.2. The van der Waals surface area contributed by atoms with Gasteiger partial charge in [-0.15, -0.1) is 0 Å². The van der Waals surface area contributed by atoms with Gasteiger partial charge in [0.15, 0.2) is 0 Å². The quantitative estimate of drug-likeness (QED) is 0.171. The Hall–Kier alpha value is -4.56. The molecule has 1 heterocycles. The van der Waals surface area contributed by atoms with Crippen LogP contribution >= 0.6 is 11.8 Å². The number of nitrogens with zero attached hydrogens (tertiary/aromatic N) is 3. The van der Waals surface area contributed by atoms with Crippen molar-refractivity contribution in [2.24, 2.45) is 0 Å². The molecule has 1 saturated heterocycles. The summed E-state index contributed by atoms with van der Waals surface area (Å²) in [5.41, 5.74) is 0.360. The second kappa shape index (κ2) is 10.2. The molecule has 0 atom stereocenters. The lowest BCUT2D eigenvalue weighted by Gasteiger charge is -2.12. The predicted octanol–water partition coefficient (Wildman–Crippen LogP) is 4.51. The molecule has 0 N–H and O–H groups in total. The standard InChI is InChI=1S/C23H15N3O9S2/c27-22-21(36-23(28)24(22)14-15-7-9-17(10-8-15)25(29)30)12-16-3-1-5-19(11-16)35-37(33,34)20-6-2-4-18(13-20)26(31)32/h1-13H,14H2/b21-12-. The fourth-order valence-electron chi connectivity index (χ4n) is 3.28. The van der Waals surface area contributed by atoms with Crippen molar-refractivity contribution in [1.29, 1.82) is 0 Å². The highest BCUT2D eigenvalue weighted by Gasteiger charge is 2.35. The Morgan fingerprint density at radius 3 is 2.24 bits per heavy atom. The Morgan fingerprint density at radius 2 is 1.57 bits per heavy atom. The third-order valence-electron chi connectivity index (χ3n) is 5.04. The van der Waals surface area contributed by atoms with E-state index in [9.17, 15) is 38.2 Å². The second-order valence-electron chi connectivity index (χ2n) is 7.56. The van der Waals surface area contributed by atoms with Crippen LogP contribution in [0.5, 0.6) is 5.75 Å². The molecule has 0 saturated carbocycles. The van der Waals surface area contributed by atoms with Crippen LogP contribution in [0, 0.1) is 20.2 Å². The first-order valence-corrected chi connectivity index (χ1v) is 12.5. The molecule has 0 spiro atoms. The highest BCUT2D eigenvalue weighted by atomic mass is 32.2. The third kappa shape index (κ3) is 5.82. The number of hydrogen-bond donors (Lipinski definition) is 0. The first-order chi connectivity index (χ1) is 17.5. The number of thioether (sulfide) groups is 1. The summed E-state index contributed by atoms with van der Waals surface area (Å²) >= 11 is 0.691. The van der Waals surface area contributed by atoms with Gasteiger partial charge in [-0.25, -0.2) is 0 Å². The van der Waals surface area contributed by atoms with Crippen LogP contribution in [0.4, 0.5) is 16.2 Å². The lowest BCUT2D eigenvalue weighted by atomic mass is 10.2. The van der Waals surface area contributed by atoms with Crippen molar-refractivity contribution < 1.29 is 32.0 Å². The molecule has 4 rings (SSSR count). The molecule has 3 aromatic rings. The molecule has 0 aromatic heterocycles. The molecule has 188 valence electrons. The van der Waals surface area contributed by atoms with Crippen molar-refractivity contribution >= 4 is 50.5 Å². The van der Waals surface area contributed by atoms with Crippen LogP contribution in [-0.4, -0.2) is 34.3 Å². The second-order valence-corrected chi connectivity index (χ2v) is 10.1. The number of nitro benzene ring substituents is 2. The summed E-state index contributed by atoms with van der Waals surface area (Å²) in [6.07, 6.45) is 1.40. The van der Waals surface area contributed by atoms with Gasteiger partial charge in [-0.1, -0.05) is 30.3 Å². The molecule has 1 fully saturated rings. The van der Waals surface area contributed by atoms with Gasteiger partial charge in [-0.3, -0.25) is 34.7 Å². The monoisotopic (exact) mass is 541 g/mol. The Labute approximate surface area is 213 Å². The molecule has 0 radical (unpaired) electrons. The van der Waals surface area contributed by atoms with Crippen molar-refractivity contribution in [3.63, 3.8) is 0 Å². The molecule has 0 aliphatic carbocycles. The molecule has 14 heteroatoms.